The summed E-state index contributed by atoms with van der Waals surface area (Å²) in [6.07, 6.45) is 0.762. The molecule has 7 nitrogen and oxygen atoms in total. The number of rotatable bonds is 7. The first-order valence-electron chi connectivity index (χ1n) is 8.90. The molecular formula is C20H30N2O5. The first kappa shape index (κ1) is 22.6. The minimum absolute atomic E-state index is 0.101. The van der Waals surface area contributed by atoms with Gasteiger partial charge in [0.1, 0.15) is 0 Å². The first-order chi connectivity index (χ1) is 12.3. The van der Waals surface area contributed by atoms with Crippen LogP contribution in [0.5, 0.6) is 11.5 Å². The Labute approximate surface area is 160 Å². The van der Waals surface area contributed by atoms with Gasteiger partial charge in [-0.25, -0.2) is 0 Å². The quantitative estimate of drug-likeness (QED) is 0.555. The number of amides is 1. The molecule has 0 saturated heterocycles. The summed E-state index contributed by atoms with van der Waals surface area (Å²) >= 11 is 0. The summed E-state index contributed by atoms with van der Waals surface area (Å²) in [6.45, 7) is 10.6. The molecule has 0 heterocycles. The van der Waals surface area contributed by atoms with E-state index in [1.165, 1.54) is 12.1 Å². The zero-order valence-electron chi connectivity index (χ0n) is 16.9. The highest BCUT2D eigenvalue weighted by Gasteiger charge is 2.30. The monoisotopic (exact) mass is 378 g/mol. The molecule has 1 aromatic carbocycles. The van der Waals surface area contributed by atoms with E-state index in [0.717, 1.165) is 0 Å². The van der Waals surface area contributed by atoms with Gasteiger partial charge >= 0.3 is 11.9 Å². The predicted molar refractivity (Wildman–Crippen MR) is 102 cm³/mol. The Balaban J connectivity index is 3.22. The second kappa shape index (κ2) is 8.52. The second-order valence-corrected chi connectivity index (χ2v) is 8.26. The molecule has 0 aromatic heterocycles. The second-order valence-electron chi connectivity index (χ2n) is 8.26. The smallest absolute Gasteiger partial charge is 0.317 e. The van der Waals surface area contributed by atoms with E-state index in [9.17, 15) is 14.4 Å². The van der Waals surface area contributed by atoms with E-state index < -0.39 is 34.7 Å². The number of esters is 2. The van der Waals surface area contributed by atoms with Crippen molar-refractivity contribution in [3.05, 3.63) is 23.8 Å². The SMILES string of the molecule is CCC(C)(C)C(=O)Oc1ccc(C[C@H](N)C(N)=O)cc1OC(=O)C(C)(C)C. The summed E-state index contributed by atoms with van der Waals surface area (Å²) in [5, 5.41) is 0. The number of nitrogens with two attached hydrogens (primary N) is 2. The minimum atomic E-state index is -0.872. The van der Waals surface area contributed by atoms with Crippen molar-refractivity contribution in [1.29, 1.82) is 0 Å². The Morgan fingerprint density at radius 3 is 2.04 bits per heavy atom. The summed E-state index contributed by atoms with van der Waals surface area (Å²) in [6, 6.07) is 3.84. The van der Waals surface area contributed by atoms with Crippen molar-refractivity contribution < 1.29 is 23.9 Å². The third-order valence-electron chi connectivity index (χ3n) is 4.28. The lowest BCUT2D eigenvalue weighted by molar-refractivity contribution is -0.146. The van der Waals surface area contributed by atoms with E-state index in [1.54, 1.807) is 40.7 Å². The fourth-order valence-electron chi connectivity index (χ4n) is 1.83. The van der Waals surface area contributed by atoms with Crippen LogP contribution in [0.1, 0.15) is 53.5 Å². The predicted octanol–water partition coefficient (Wildman–Crippen LogP) is 2.33. The van der Waals surface area contributed by atoms with E-state index >= 15 is 0 Å². The van der Waals surface area contributed by atoms with Gasteiger partial charge in [0.25, 0.3) is 0 Å². The summed E-state index contributed by atoms with van der Waals surface area (Å²) in [7, 11) is 0. The van der Waals surface area contributed by atoms with Crippen LogP contribution in [0, 0.1) is 10.8 Å². The van der Waals surface area contributed by atoms with Crippen LogP contribution in [0.2, 0.25) is 0 Å². The van der Waals surface area contributed by atoms with Crippen molar-refractivity contribution in [3.63, 3.8) is 0 Å². The third-order valence-corrected chi connectivity index (χ3v) is 4.28. The Morgan fingerprint density at radius 2 is 1.56 bits per heavy atom. The molecule has 0 aliphatic rings. The zero-order chi connectivity index (χ0) is 21.0. The number of hydrogen-bond donors (Lipinski definition) is 2. The maximum atomic E-state index is 12.4. The Bertz CT molecular complexity index is 720. The van der Waals surface area contributed by atoms with Gasteiger partial charge in [0, 0.05) is 0 Å². The molecule has 0 bridgehead atoms. The van der Waals surface area contributed by atoms with Crippen molar-refractivity contribution in [2.45, 2.75) is 60.4 Å². The van der Waals surface area contributed by atoms with Gasteiger partial charge in [-0.05, 0) is 65.2 Å². The van der Waals surface area contributed by atoms with E-state index in [4.69, 9.17) is 20.9 Å². The number of ether oxygens (including phenoxy) is 2. The lowest BCUT2D eigenvalue weighted by Crippen LogP contribution is -2.38. The molecule has 1 amide bonds. The normalized spacial score (nSPS) is 13.0. The highest BCUT2D eigenvalue weighted by atomic mass is 16.6. The molecule has 27 heavy (non-hydrogen) atoms. The summed E-state index contributed by atoms with van der Waals surface area (Å²) in [5.74, 6) is -1.31. The van der Waals surface area contributed by atoms with Crippen LogP contribution in [0.3, 0.4) is 0 Å². The van der Waals surface area contributed by atoms with Crippen LogP contribution in [-0.2, 0) is 20.8 Å². The molecule has 0 aliphatic carbocycles. The van der Waals surface area contributed by atoms with Crippen molar-refractivity contribution in [2.75, 3.05) is 0 Å². The van der Waals surface area contributed by atoms with Gasteiger partial charge in [-0.3, -0.25) is 14.4 Å². The molecule has 0 saturated carbocycles. The molecule has 0 aliphatic heterocycles. The maximum absolute atomic E-state index is 12.4. The van der Waals surface area contributed by atoms with Gasteiger partial charge in [-0.2, -0.15) is 0 Å². The van der Waals surface area contributed by atoms with E-state index in [2.05, 4.69) is 0 Å². The molecule has 0 fully saturated rings. The van der Waals surface area contributed by atoms with Crippen molar-refractivity contribution >= 4 is 17.8 Å². The summed E-state index contributed by atoms with van der Waals surface area (Å²) < 4.78 is 10.9. The Morgan fingerprint density at radius 1 is 1.00 bits per heavy atom. The molecule has 7 heteroatoms. The molecule has 0 radical (unpaired) electrons. The highest BCUT2D eigenvalue weighted by Crippen LogP contribution is 2.33. The largest absolute Gasteiger partial charge is 0.422 e. The van der Waals surface area contributed by atoms with Gasteiger partial charge in [-0.1, -0.05) is 13.0 Å². The van der Waals surface area contributed by atoms with Crippen LogP contribution in [0.15, 0.2) is 18.2 Å². The summed E-state index contributed by atoms with van der Waals surface area (Å²) in [4.78, 5) is 35.9. The molecule has 1 aromatic rings. The molecule has 150 valence electrons. The molecular weight excluding hydrogens is 348 g/mol. The van der Waals surface area contributed by atoms with Crippen molar-refractivity contribution in [1.82, 2.24) is 0 Å². The number of primary amides is 1. The molecule has 1 atom stereocenters. The van der Waals surface area contributed by atoms with Crippen molar-refractivity contribution in [2.24, 2.45) is 22.3 Å². The first-order valence-corrected chi connectivity index (χ1v) is 8.90. The molecule has 0 spiro atoms. The van der Waals surface area contributed by atoms with Crippen LogP contribution in [0.4, 0.5) is 0 Å². The van der Waals surface area contributed by atoms with E-state index in [-0.39, 0.29) is 17.9 Å². The lowest BCUT2D eigenvalue weighted by atomic mass is 9.91. The number of benzene rings is 1. The fourth-order valence-corrected chi connectivity index (χ4v) is 1.83. The van der Waals surface area contributed by atoms with E-state index in [1.807, 2.05) is 6.92 Å². The van der Waals surface area contributed by atoms with Gasteiger partial charge in [0.15, 0.2) is 11.5 Å². The van der Waals surface area contributed by atoms with Gasteiger partial charge < -0.3 is 20.9 Å². The van der Waals surface area contributed by atoms with Gasteiger partial charge in [0.2, 0.25) is 5.91 Å². The third kappa shape index (κ3) is 6.36. The maximum Gasteiger partial charge on any atom is 0.317 e. The van der Waals surface area contributed by atoms with Crippen LogP contribution in [0.25, 0.3) is 0 Å². The topological polar surface area (TPSA) is 122 Å². The fraction of sp³-hybridized carbons (Fsp3) is 0.550. The lowest BCUT2D eigenvalue weighted by Gasteiger charge is -2.22. The average Bonchev–Trinajstić information content (AvgIpc) is 2.55. The van der Waals surface area contributed by atoms with Crippen LogP contribution >= 0.6 is 0 Å². The number of carbonyl (C=O) groups excluding carboxylic acids is 3. The highest BCUT2D eigenvalue weighted by molar-refractivity contribution is 5.82. The van der Waals surface area contributed by atoms with Crippen LogP contribution in [-0.4, -0.2) is 23.9 Å². The molecule has 0 unspecified atom stereocenters. The van der Waals surface area contributed by atoms with Gasteiger partial charge in [0.05, 0.1) is 16.9 Å². The average molecular weight is 378 g/mol. The molecule has 1 rings (SSSR count). The standard InChI is InChI=1S/C20H30N2O5/c1-7-20(5,6)18(25)26-14-9-8-12(10-13(21)16(22)23)11-15(14)27-17(24)19(2,3)4/h8-9,11,13H,7,10,21H2,1-6H3,(H2,22,23)/t13-/m0/s1. The zero-order valence-corrected chi connectivity index (χ0v) is 16.9. The number of hydrogen-bond acceptors (Lipinski definition) is 6. The van der Waals surface area contributed by atoms with Gasteiger partial charge in [-0.15, -0.1) is 0 Å². The Hall–Kier alpha value is -2.41. The molecule has 4 N–H and O–H groups in total. The Kier molecular flexibility index (Phi) is 7.14. The number of carbonyl (C=O) groups is 3. The van der Waals surface area contributed by atoms with Crippen molar-refractivity contribution in [3.8, 4) is 11.5 Å². The van der Waals surface area contributed by atoms with E-state index in [0.29, 0.717) is 12.0 Å². The summed E-state index contributed by atoms with van der Waals surface area (Å²) in [5.41, 5.74) is 10.1. The minimum Gasteiger partial charge on any atom is -0.422 e. The van der Waals surface area contributed by atoms with Crippen LogP contribution < -0.4 is 20.9 Å².